The molecule has 0 aromatic heterocycles. The molecule has 0 saturated carbocycles. The quantitative estimate of drug-likeness (QED) is 0.0203. The molecule has 2 aliphatic heterocycles. The lowest BCUT2D eigenvalue weighted by molar-refractivity contribution is -0.339. The van der Waals surface area contributed by atoms with Crippen molar-refractivity contribution in [3.05, 3.63) is 251 Å². The Kier molecular flexibility index (Phi) is 52.8. The highest BCUT2D eigenvalue weighted by Gasteiger charge is 2.62. The first-order valence-electron chi connectivity index (χ1n) is 52.0. The zero-order valence-electron chi connectivity index (χ0n) is 85.5. The monoisotopic (exact) mass is 2020 g/mol. The molecule has 2 N–H and O–H groups in total. The van der Waals surface area contributed by atoms with E-state index >= 15 is 33.6 Å². The Labute approximate surface area is 857 Å². The van der Waals surface area contributed by atoms with E-state index < -0.39 is 202 Å². The van der Waals surface area contributed by atoms with Crippen LogP contribution in [0.15, 0.2) is 212 Å². The van der Waals surface area contributed by atoms with Gasteiger partial charge in [0.15, 0.2) is 49.0 Å². The maximum atomic E-state index is 16.3. The Morgan fingerprint density at radius 2 is 0.781 bits per heavy atom. The van der Waals surface area contributed by atoms with Crippen molar-refractivity contribution in [2.45, 2.75) is 351 Å². The van der Waals surface area contributed by atoms with Crippen LogP contribution < -0.4 is 10.6 Å². The van der Waals surface area contributed by atoms with Crippen molar-refractivity contribution < 1.29 is 138 Å². The molecular formula is C115H148N2O29. The summed E-state index contributed by atoms with van der Waals surface area (Å²) in [5.74, 6) is -16.8. The molecule has 9 rings (SSSR count). The van der Waals surface area contributed by atoms with Crippen LogP contribution in [0.2, 0.25) is 0 Å². The van der Waals surface area contributed by atoms with Crippen molar-refractivity contribution in [1.82, 2.24) is 10.6 Å². The van der Waals surface area contributed by atoms with Crippen LogP contribution in [0.1, 0.15) is 321 Å². The van der Waals surface area contributed by atoms with Crippen molar-refractivity contribution in [3.8, 4) is 0 Å². The van der Waals surface area contributed by atoms with Crippen LogP contribution in [-0.4, -0.2) is 202 Å². The second-order valence-corrected chi connectivity index (χ2v) is 37.1. The van der Waals surface area contributed by atoms with Gasteiger partial charge in [-0.1, -0.05) is 333 Å². The lowest BCUT2D eigenvalue weighted by atomic mass is 9.87. The summed E-state index contributed by atoms with van der Waals surface area (Å²) in [6.45, 7) is 4.45. The molecule has 0 radical (unpaired) electrons. The van der Waals surface area contributed by atoms with Gasteiger partial charge in [-0.2, -0.15) is 0 Å². The molecule has 15 atom stereocenters. The average molecular weight is 2020 g/mol. The van der Waals surface area contributed by atoms with Crippen molar-refractivity contribution in [2.24, 2.45) is 0 Å². The minimum atomic E-state index is -3.11. The van der Waals surface area contributed by atoms with Gasteiger partial charge in [0, 0.05) is 27.7 Å². The van der Waals surface area contributed by atoms with Crippen molar-refractivity contribution in [3.63, 3.8) is 0 Å². The third-order valence-electron chi connectivity index (χ3n) is 25.4. The number of benzene rings is 7. The number of esters is 11. The maximum Gasteiger partial charge on any atom is 0.366 e. The highest BCUT2D eigenvalue weighted by Crippen LogP contribution is 2.41. The minimum Gasteiger partial charge on any atom is -0.465 e. The number of amides is 2. The van der Waals surface area contributed by atoms with Gasteiger partial charge in [0.2, 0.25) is 5.91 Å². The fourth-order valence-corrected chi connectivity index (χ4v) is 17.8. The van der Waals surface area contributed by atoms with Gasteiger partial charge in [-0.05, 0) is 104 Å². The number of methoxy groups -OCH3 is 1. The van der Waals surface area contributed by atoms with Gasteiger partial charge in [0.25, 0.3) is 11.7 Å². The molecule has 0 bridgehead atoms. The summed E-state index contributed by atoms with van der Waals surface area (Å²) in [6, 6.07) is 51.4. The Hall–Kier alpha value is -12.6. The van der Waals surface area contributed by atoms with E-state index in [0.29, 0.717) is 31.2 Å². The third kappa shape index (κ3) is 41.0. The normalized spacial score (nSPS) is 18.7. The van der Waals surface area contributed by atoms with Crippen LogP contribution in [-0.2, 0) is 116 Å². The van der Waals surface area contributed by atoms with Gasteiger partial charge >= 0.3 is 65.7 Å². The molecule has 146 heavy (non-hydrogen) atoms. The standard InChI is InChI=1S/C115H148N2O29/c1-8-10-12-14-16-18-20-21-22-23-24-25-26-27-28-29-31-33-35-58-74-94(140-108(125)87-63-47-38-48-64-87)106(123)116-92(100(142-109(126)88-65-49-39-50-66-88)93(139-107(124)86-61-45-37-46-62-86)73-57-34-32-30-19-17-15-13-11-9-2)77-134-113-105(145-112(129)91-71-55-42-56-72-91)104(144-111(128)90-69-53-41-54-70-90)102(143-110(127)89-67-51-40-52-68-89)97(141-113)79-135-115(114(130)131-7)75-95(136-82(4)119)99(117-98(122)80-132-76-85-59-43-36-44-60-85)103(146-115)101(138-84(6)121)96(137-83(5)120)78-133-81(3)118/h36-56,59-72,92-97,99-105,113H,8-35,57-58,73-80H2,1-7H3,(H,116,123)(H,117,122)/t92-,93+,94+,95-,96+,97+,99+,100-,101+,102+,103+,104-,105+,113+,115+/m0/s1. The number of hydrogen-bond donors (Lipinski definition) is 2. The summed E-state index contributed by atoms with van der Waals surface area (Å²) in [5, 5.41) is 5.77. The summed E-state index contributed by atoms with van der Waals surface area (Å²) >= 11 is 0. The van der Waals surface area contributed by atoms with Crippen LogP contribution in [0.3, 0.4) is 0 Å². The van der Waals surface area contributed by atoms with Gasteiger partial charge in [-0.25, -0.2) is 33.6 Å². The lowest BCUT2D eigenvalue weighted by Gasteiger charge is -2.49. The van der Waals surface area contributed by atoms with E-state index in [1.807, 2.05) is 0 Å². The molecule has 31 nitrogen and oxygen atoms in total. The minimum absolute atomic E-state index is 0.00464. The van der Waals surface area contributed by atoms with Gasteiger partial charge in [0.1, 0.15) is 37.6 Å². The maximum absolute atomic E-state index is 16.3. The number of unbranched alkanes of at least 4 members (excludes halogenated alkanes) is 28. The second-order valence-electron chi connectivity index (χ2n) is 37.1. The van der Waals surface area contributed by atoms with Gasteiger partial charge in [-0.15, -0.1) is 0 Å². The molecular weight excluding hydrogens is 1870 g/mol. The number of ether oxygens (including phenoxy) is 16. The molecule has 2 heterocycles. The van der Waals surface area contributed by atoms with Gasteiger partial charge in [0.05, 0.1) is 78.8 Å². The van der Waals surface area contributed by atoms with Crippen LogP contribution in [0.25, 0.3) is 0 Å². The smallest absolute Gasteiger partial charge is 0.366 e. The number of hydrogen-bond acceptors (Lipinski definition) is 29. The topological polar surface area (TPSA) is 394 Å². The molecule has 2 amide bonds. The van der Waals surface area contributed by atoms with Crippen molar-refractivity contribution in [1.29, 1.82) is 0 Å². The first-order chi connectivity index (χ1) is 70.9. The molecule has 7 aromatic rings. The van der Waals surface area contributed by atoms with Crippen molar-refractivity contribution >= 4 is 77.5 Å². The SMILES string of the molecule is CCCCCCCCCCCCCCCCCCCCCC[C@@H](OC(=O)c1ccccc1)C(=O)N[C@@H](CO[C@@H]1O[C@H](CO[C@]2(C(=O)OC)C[C@H](OC(C)=O)[C@@H](NC(=O)COCc3ccccc3)[C@H]([C@H](OC(C)=O)[C@@H](COC(C)=O)OC(C)=O)O2)[C@@H](OC(=O)c2ccccc2)[C@H](OC(=O)c2ccccc2)[C@H]1OC(=O)c1ccccc1)[C@H](OC(=O)c1ccccc1)[C@@H](CCCCCCCCCCCC)OC(=O)c1ccccc1. The molecule has 0 spiro atoms. The van der Waals surface area contributed by atoms with Crippen LogP contribution in [0.5, 0.6) is 0 Å². The van der Waals surface area contributed by atoms with E-state index in [-0.39, 0.29) is 52.8 Å². The zero-order chi connectivity index (χ0) is 104. The Bertz CT molecular complexity index is 5060. The zero-order valence-corrected chi connectivity index (χ0v) is 85.5. The van der Waals surface area contributed by atoms with Gasteiger partial charge in [-0.3, -0.25) is 28.8 Å². The molecule has 7 aromatic carbocycles. The Morgan fingerprint density at radius 3 is 1.20 bits per heavy atom. The van der Waals surface area contributed by atoms with Crippen LogP contribution in [0, 0.1) is 0 Å². The fourth-order valence-electron chi connectivity index (χ4n) is 17.8. The summed E-state index contributed by atoms with van der Waals surface area (Å²) < 4.78 is 102. The molecule has 31 heteroatoms. The molecule has 0 aliphatic carbocycles. The predicted molar refractivity (Wildman–Crippen MR) is 541 cm³/mol. The predicted octanol–water partition coefficient (Wildman–Crippen LogP) is 19.8. The van der Waals surface area contributed by atoms with Crippen LogP contribution in [0.4, 0.5) is 0 Å². The van der Waals surface area contributed by atoms with E-state index in [4.69, 9.17) is 75.8 Å². The number of nitrogens with one attached hydrogen (secondary N) is 2. The second kappa shape index (κ2) is 65.8. The summed E-state index contributed by atoms with van der Waals surface area (Å²) in [5.41, 5.74) is 0.507. The van der Waals surface area contributed by atoms with Gasteiger partial charge < -0.3 is 86.4 Å². The first-order valence-corrected chi connectivity index (χ1v) is 52.0. The Morgan fingerprint density at radius 1 is 0.390 bits per heavy atom. The number of rotatable bonds is 67. The Balaban J connectivity index is 1.19. The number of carbonyl (C=O) groups is 13. The molecule has 792 valence electrons. The average Bonchev–Trinajstić information content (AvgIpc) is 0.747. The highest BCUT2D eigenvalue weighted by atomic mass is 16.8. The van der Waals surface area contributed by atoms with E-state index in [1.54, 1.807) is 103 Å². The summed E-state index contributed by atoms with van der Waals surface area (Å²) in [7, 11) is 0.912. The third-order valence-corrected chi connectivity index (χ3v) is 25.4. The number of carbonyl (C=O) groups excluding carboxylic acids is 13. The largest absolute Gasteiger partial charge is 0.465 e. The molecule has 2 aliphatic rings. The highest BCUT2D eigenvalue weighted by molar-refractivity contribution is 5.94. The molecule has 2 fully saturated rings. The van der Waals surface area contributed by atoms with Crippen LogP contribution >= 0.6 is 0 Å². The molecule has 0 unspecified atom stereocenters. The van der Waals surface area contributed by atoms with E-state index in [0.717, 1.165) is 125 Å². The van der Waals surface area contributed by atoms with E-state index in [9.17, 15) is 28.8 Å². The van der Waals surface area contributed by atoms with E-state index in [2.05, 4.69) is 24.5 Å². The fraction of sp³-hybridized carbons (Fsp3) is 0.522. The molecule has 2 saturated heterocycles. The van der Waals surface area contributed by atoms with Crippen molar-refractivity contribution in [2.75, 3.05) is 33.5 Å². The lowest BCUT2D eigenvalue weighted by Crippen LogP contribution is -2.70. The first kappa shape index (κ1) is 117. The summed E-state index contributed by atoms with van der Waals surface area (Å²) in [6.07, 6.45) is 6.17. The summed E-state index contributed by atoms with van der Waals surface area (Å²) in [4.78, 5) is 192. The van der Waals surface area contributed by atoms with E-state index in [1.165, 1.54) is 186 Å².